The lowest BCUT2D eigenvalue weighted by molar-refractivity contribution is 0.751. The van der Waals surface area contributed by atoms with Crippen molar-refractivity contribution in [1.29, 1.82) is 0 Å². The number of hydrogen-bond acceptors (Lipinski definition) is 3. The van der Waals surface area contributed by atoms with Gasteiger partial charge in [-0.1, -0.05) is 36.0 Å². The lowest BCUT2D eigenvalue weighted by Crippen LogP contribution is -2.16. The lowest BCUT2D eigenvalue weighted by Gasteiger charge is -2.15. The topological polar surface area (TPSA) is 37.0 Å². The zero-order valence-corrected chi connectivity index (χ0v) is 11.4. The number of rotatable bonds is 4. The maximum Gasteiger partial charge on any atom is 0.147 e. The molecular weight excluding hydrogens is 257 g/mol. The molecule has 0 unspecified atom stereocenters. The highest BCUT2D eigenvalue weighted by atomic mass is 35.5. The van der Waals surface area contributed by atoms with Gasteiger partial charge in [0, 0.05) is 12.6 Å². The van der Waals surface area contributed by atoms with Crippen LogP contribution in [0.25, 0.3) is 0 Å². The number of pyridine rings is 1. The summed E-state index contributed by atoms with van der Waals surface area (Å²) < 4.78 is 0. The number of aromatic nitrogens is 1. The van der Waals surface area contributed by atoms with Gasteiger partial charge in [0.25, 0.3) is 0 Å². The van der Waals surface area contributed by atoms with Gasteiger partial charge in [-0.3, -0.25) is 0 Å². The fourth-order valence-electron chi connectivity index (χ4n) is 2.12. The van der Waals surface area contributed by atoms with Crippen LogP contribution in [0.4, 0.5) is 11.6 Å². The largest absolute Gasteiger partial charge is 0.369 e. The van der Waals surface area contributed by atoms with E-state index in [1.165, 1.54) is 25.7 Å². The molecule has 1 aromatic rings. The van der Waals surface area contributed by atoms with Crippen molar-refractivity contribution in [2.75, 3.05) is 17.2 Å². The predicted octanol–water partition coefficient (Wildman–Crippen LogP) is 4.17. The summed E-state index contributed by atoms with van der Waals surface area (Å²) in [4.78, 5) is 4.44. The number of halogens is 2. The van der Waals surface area contributed by atoms with Gasteiger partial charge in [-0.2, -0.15) is 0 Å². The molecule has 2 N–H and O–H groups in total. The Bertz CT molecular complexity index is 390. The van der Waals surface area contributed by atoms with E-state index in [9.17, 15) is 0 Å². The first kappa shape index (κ1) is 12.8. The molecule has 0 amide bonds. The smallest absolute Gasteiger partial charge is 0.147 e. The summed E-state index contributed by atoms with van der Waals surface area (Å²) in [6, 6.07) is 2.24. The normalized spacial score (nSPS) is 16.2. The molecule has 0 spiro atoms. The van der Waals surface area contributed by atoms with Gasteiger partial charge in [-0.15, -0.1) is 0 Å². The Morgan fingerprint density at radius 1 is 1.24 bits per heavy atom. The van der Waals surface area contributed by atoms with E-state index in [0.717, 1.165) is 12.4 Å². The molecule has 94 valence electrons. The molecule has 0 aromatic carbocycles. The third-order valence-electron chi connectivity index (χ3n) is 2.97. The first-order chi connectivity index (χ1) is 8.20. The first-order valence-corrected chi connectivity index (χ1v) is 6.82. The molecule has 1 aliphatic rings. The van der Waals surface area contributed by atoms with Crippen molar-refractivity contribution in [3.8, 4) is 0 Å². The molecule has 17 heavy (non-hydrogen) atoms. The Labute approximate surface area is 112 Å². The van der Waals surface area contributed by atoms with Crippen molar-refractivity contribution in [3.63, 3.8) is 0 Å². The van der Waals surface area contributed by atoms with Gasteiger partial charge in [0.05, 0.1) is 10.0 Å². The molecule has 0 radical (unpaired) electrons. The quantitative estimate of drug-likeness (QED) is 0.865. The average Bonchev–Trinajstić information content (AvgIpc) is 2.78. The van der Waals surface area contributed by atoms with Crippen LogP contribution in [0.1, 0.15) is 32.6 Å². The molecule has 5 heteroatoms. The standard InChI is InChI=1S/C12H17Cl2N3/c1-2-15-11-9(13)7-10(14)12(17-11)16-8-5-3-4-6-8/h7-8H,2-6H2,1H3,(H2,15,16,17). The van der Waals surface area contributed by atoms with Crippen LogP contribution in [0.5, 0.6) is 0 Å². The molecular formula is C12H17Cl2N3. The molecule has 1 saturated carbocycles. The highest BCUT2D eigenvalue weighted by Gasteiger charge is 2.17. The number of nitrogens with zero attached hydrogens (tertiary/aromatic N) is 1. The van der Waals surface area contributed by atoms with Gasteiger partial charge in [0.15, 0.2) is 0 Å². The summed E-state index contributed by atoms with van der Waals surface area (Å²) in [6.45, 7) is 2.80. The fraction of sp³-hybridized carbons (Fsp3) is 0.583. The minimum atomic E-state index is 0.496. The van der Waals surface area contributed by atoms with Crippen molar-refractivity contribution in [1.82, 2.24) is 4.98 Å². The molecule has 0 saturated heterocycles. The van der Waals surface area contributed by atoms with E-state index in [0.29, 0.717) is 21.9 Å². The molecule has 2 rings (SSSR count). The molecule has 3 nitrogen and oxygen atoms in total. The third kappa shape index (κ3) is 3.17. The average molecular weight is 274 g/mol. The van der Waals surface area contributed by atoms with E-state index in [2.05, 4.69) is 15.6 Å². The monoisotopic (exact) mass is 273 g/mol. The minimum Gasteiger partial charge on any atom is -0.369 e. The highest BCUT2D eigenvalue weighted by molar-refractivity contribution is 6.37. The summed E-state index contributed by atoms with van der Waals surface area (Å²) in [7, 11) is 0. The molecule has 1 aliphatic carbocycles. The number of nitrogens with one attached hydrogen (secondary N) is 2. The molecule has 0 aliphatic heterocycles. The van der Waals surface area contributed by atoms with Crippen LogP contribution in [0.3, 0.4) is 0 Å². The van der Waals surface area contributed by atoms with Crippen LogP contribution >= 0.6 is 23.2 Å². The van der Waals surface area contributed by atoms with Crippen LogP contribution in [0, 0.1) is 0 Å². The van der Waals surface area contributed by atoms with E-state index in [-0.39, 0.29) is 0 Å². The molecule has 1 fully saturated rings. The van der Waals surface area contributed by atoms with Crippen LogP contribution in [-0.2, 0) is 0 Å². The molecule has 1 aromatic heterocycles. The Morgan fingerprint density at radius 3 is 2.53 bits per heavy atom. The zero-order chi connectivity index (χ0) is 12.3. The summed E-state index contributed by atoms with van der Waals surface area (Å²) in [6.07, 6.45) is 4.94. The lowest BCUT2D eigenvalue weighted by atomic mass is 10.2. The van der Waals surface area contributed by atoms with Gasteiger partial charge in [0.2, 0.25) is 0 Å². The maximum absolute atomic E-state index is 6.14. The minimum absolute atomic E-state index is 0.496. The molecule has 1 heterocycles. The van der Waals surface area contributed by atoms with Gasteiger partial charge in [-0.25, -0.2) is 4.98 Å². The highest BCUT2D eigenvalue weighted by Crippen LogP contribution is 2.31. The number of hydrogen-bond donors (Lipinski definition) is 2. The summed E-state index contributed by atoms with van der Waals surface area (Å²) in [5, 5.41) is 7.67. The van der Waals surface area contributed by atoms with Gasteiger partial charge < -0.3 is 10.6 Å². The van der Waals surface area contributed by atoms with E-state index in [1.54, 1.807) is 6.07 Å². The molecule has 0 bridgehead atoms. The van der Waals surface area contributed by atoms with Crippen LogP contribution in [0.15, 0.2) is 6.07 Å². The van der Waals surface area contributed by atoms with Crippen LogP contribution < -0.4 is 10.6 Å². The zero-order valence-electron chi connectivity index (χ0n) is 9.89. The Morgan fingerprint density at radius 2 is 1.88 bits per heavy atom. The second-order valence-corrected chi connectivity index (χ2v) is 5.12. The van der Waals surface area contributed by atoms with Crippen LogP contribution in [-0.4, -0.2) is 17.6 Å². The van der Waals surface area contributed by atoms with Crippen molar-refractivity contribution >= 4 is 34.8 Å². The third-order valence-corrected chi connectivity index (χ3v) is 3.55. The summed E-state index contributed by atoms with van der Waals surface area (Å²) in [5.74, 6) is 1.43. The van der Waals surface area contributed by atoms with Crippen molar-refractivity contribution in [2.45, 2.75) is 38.6 Å². The van der Waals surface area contributed by atoms with Crippen molar-refractivity contribution < 1.29 is 0 Å². The van der Waals surface area contributed by atoms with Gasteiger partial charge in [-0.05, 0) is 25.8 Å². The summed E-state index contributed by atoms with van der Waals surface area (Å²) in [5.41, 5.74) is 0. The van der Waals surface area contributed by atoms with E-state index < -0.39 is 0 Å². The first-order valence-electron chi connectivity index (χ1n) is 6.07. The fourth-order valence-corrected chi connectivity index (χ4v) is 2.60. The molecule has 0 atom stereocenters. The van der Waals surface area contributed by atoms with Crippen LogP contribution in [0.2, 0.25) is 10.0 Å². The maximum atomic E-state index is 6.14. The van der Waals surface area contributed by atoms with Crippen molar-refractivity contribution in [2.24, 2.45) is 0 Å². The summed E-state index contributed by atoms with van der Waals surface area (Å²) >= 11 is 12.2. The van der Waals surface area contributed by atoms with Gasteiger partial charge in [0.1, 0.15) is 11.6 Å². The Kier molecular flexibility index (Phi) is 4.35. The van der Waals surface area contributed by atoms with E-state index >= 15 is 0 Å². The van der Waals surface area contributed by atoms with Crippen molar-refractivity contribution in [3.05, 3.63) is 16.1 Å². The Hall–Kier alpha value is -0.670. The van der Waals surface area contributed by atoms with E-state index in [4.69, 9.17) is 23.2 Å². The predicted molar refractivity (Wildman–Crippen MR) is 74.3 cm³/mol. The SMILES string of the molecule is CCNc1nc(NC2CCCC2)c(Cl)cc1Cl. The Balaban J connectivity index is 2.16. The van der Waals surface area contributed by atoms with E-state index in [1.807, 2.05) is 6.92 Å². The second-order valence-electron chi connectivity index (χ2n) is 4.31. The second kappa shape index (κ2) is 5.78. The number of anilines is 2. The van der Waals surface area contributed by atoms with Gasteiger partial charge >= 0.3 is 0 Å².